The summed E-state index contributed by atoms with van der Waals surface area (Å²) in [6, 6.07) is 9.48. The molecular weight excluding hydrogens is 282 g/mol. The SMILES string of the molecule is CCCC(=O)N(Cc1ccc2c(c1)OCO2)Cc1ccco1. The van der Waals surface area contributed by atoms with E-state index >= 15 is 0 Å². The van der Waals surface area contributed by atoms with Gasteiger partial charge in [0.2, 0.25) is 12.7 Å². The Kier molecular flexibility index (Phi) is 4.32. The third kappa shape index (κ3) is 3.24. The van der Waals surface area contributed by atoms with Gasteiger partial charge < -0.3 is 18.8 Å². The first-order chi connectivity index (χ1) is 10.8. The van der Waals surface area contributed by atoms with E-state index in [1.807, 2.05) is 37.3 Å². The standard InChI is InChI=1S/C17H19NO4/c1-2-4-17(19)18(11-14-5-3-8-20-14)10-13-6-7-15-16(9-13)22-12-21-15/h3,5-9H,2,4,10-12H2,1H3. The van der Waals surface area contributed by atoms with Crippen molar-refractivity contribution in [1.82, 2.24) is 4.90 Å². The number of nitrogens with zero attached hydrogens (tertiary/aromatic N) is 1. The van der Waals surface area contributed by atoms with E-state index in [0.29, 0.717) is 19.5 Å². The molecule has 2 heterocycles. The van der Waals surface area contributed by atoms with Crippen LogP contribution in [0.5, 0.6) is 11.5 Å². The minimum Gasteiger partial charge on any atom is -0.467 e. The Bertz CT molecular complexity index is 636. The summed E-state index contributed by atoms with van der Waals surface area (Å²) in [6.45, 7) is 3.25. The molecule has 1 aromatic carbocycles. The molecule has 1 aliphatic rings. The fourth-order valence-corrected chi connectivity index (χ4v) is 2.45. The number of amides is 1. The van der Waals surface area contributed by atoms with Crippen molar-refractivity contribution in [3.63, 3.8) is 0 Å². The van der Waals surface area contributed by atoms with E-state index < -0.39 is 0 Å². The highest BCUT2D eigenvalue weighted by molar-refractivity contribution is 5.76. The van der Waals surface area contributed by atoms with Crippen LogP contribution in [0, 0.1) is 0 Å². The molecule has 1 amide bonds. The van der Waals surface area contributed by atoms with Gasteiger partial charge in [0, 0.05) is 13.0 Å². The highest BCUT2D eigenvalue weighted by Gasteiger charge is 2.18. The van der Waals surface area contributed by atoms with Crippen LogP contribution in [0.1, 0.15) is 31.1 Å². The van der Waals surface area contributed by atoms with Gasteiger partial charge in [-0.15, -0.1) is 0 Å². The van der Waals surface area contributed by atoms with Crippen molar-refractivity contribution in [2.24, 2.45) is 0 Å². The molecule has 0 spiro atoms. The van der Waals surface area contributed by atoms with Crippen LogP contribution >= 0.6 is 0 Å². The lowest BCUT2D eigenvalue weighted by Crippen LogP contribution is -2.29. The number of carbonyl (C=O) groups is 1. The normalized spacial score (nSPS) is 12.4. The summed E-state index contributed by atoms with van der Waals surface area (Å²) in [4.78, 5) is 14.1. The van der Waals surface area contributed by atoms with Crippen LogP contribution in [0.25, 0.3) is 0 Å². The molecule has 5 heteroatoms. The van der Waals surface area contributed by atoms with Gasteiger partial charge >= 0.3 is 0 Å². The van der Waals surface area contributed by atoms with Crippen LogP contribution in [0.3, 0.4) is 0 Å². The molecule has 0 atom stereocenters. The molecule has 0 radical (unpaired) electrons. The number of rotatable bonds is 6. The maximum absolute atomic E-state index is 12.3. The van der Waals surface area contributed by atoms with Crippen molar-refractivity contribution >= 4 is 5.91 Å². The predicted octanol–water partition coefficient (Wildman–Crippen LogP) is 3.34. The van der Waals surface area contributed by atoms with E-state index in [4.69, 9.17) is 13.9 Å². The van der Waals surface area contributed by atoms with Crippen LogP contribution in [0.2, 0.25) is 0 Å². The minimum absolute atomic E-state index is 0.122. The third-order valence-corrected chi connectivity index (χ3v) is 3.55. The van der Waals surface area contributed by atoms with Gasteiger partial charge in [0.05, 0.1) is 12.8 Å². The highest BCUT2D eigenvalue weighted by Crippen LogP contribution is 2.33. The molecule has 0 saturated carbocycles. The smallest absolute Gasteiger partial charge is 0.231 e. The quantitative estimate of drug-likeness (QED) is 0.821. The van der Waals surface area contributed by atoms with Crippen LogP contribution in [0.15, 0.2) is 41.0 Å². The highest BCUT2D eigenvalue weighted by atomic mass is 16.7. The number of ether oxygens (including phenoxy) is 2. The Hall–Kier alpha value is -2.43. The summed E-state index contributed by atoms with van der Waals surface area (Å²) in [5, 5.41) is 0. The van der Waals surface area contributed by atoms with E-state index in [1.165, 1.54) is 0 Å². The van der Waals surface area contributed by atoms with Crippen molar-refractivity contribution in [2.75, 3.05) is 6.79 Å². The lowest BCUT2D eigenvalue weighted by molar-refractivity contribution is -0.132. The number of benzene rings is 1. The Labute approximate surface area is 129 Å². The average Bonchev–Trinajstić information content (AvgIpc) is 3.17. The van der Waals surface area contributed by atoms with Crippen molar-refractivity contribution in [3.05, 3.63) is 47.9 Å². The Morgan fingerprint density at radius 2 is 2.05 bits per heavy atom. The van der Waals surface area contributed by atoms with Crippen LogP contribution in [0.4, 0.5) is 0 Å². The van der Waals surface area contributed by atoms with E-state index in [0.717, 1.165) is 29.2 Å². The van der Waals surface area contributed by atoms with Gasteiger partial charge in [0.25, 0.3) is 0 Å². The molecular formula is C17H19NO4. The largest absolute Gasteiger partial charge is 0.467 e. The van der Waals surface area contributed by atoms with E-state index in [2.05, 4.69) is 0 Å². The van der Waals surface area contributed by atoms with Crippen molar-refractivity contribution in [2.45, 2.75) is 32.9 Å². The second-order valence-electron chi connectivity index (χ2n) is 5.27. The Morgan fingerprint density at radius 1 is 1.18 bits per heavy atom. The maximum Gasteiger partial charge on any atom is 0.231 e. The molecule has 2 aromatic rings. The molecule has 0 fully saturated rings. The second kappa shape index (κ2) is 6.56. The zero-order valence-corrected chi connectivity index (χ0v) is 12.6. The summed E-state index contributed by atoms with van der Waals surface area (Å²) in [5.41, 5.74) is 1.01. The number of carbonyl (C=O) groups excluding carboxylic acids is 1. The number of hydrogen-bond donors (Lipinski definition) is 0. The summed E-state index contributed by atoms with van der Waals surface area (Å²) >= 11 is 0. The van der Waals surface area contributed by atoms with Crippen LogP contribution < -0.4 is 9.47 Å². The van der Waals surface area contributed by atoms with Gasteiger partial charge in [0.1, 0.15) is 5.76 Å². The molecule has 0 N–H and O–H groups in total. The molecule has 3 rings (SSSR count). The molecule has 0 unspecified atom stereocenters. The van der Waals surface area contributed by atoms with Crippen LogP contribution in [-0.4, -0.2) is 17.6 Å². The minimum atomic E-state index is 0.122. The lowest BCUT2D eigenvalue weighted by atomic mass is 10.1. The third-order valence-electron chi connectivity index (χ3n) is 3.55. The van der Waals surface area contributed by atoms with Crippen molar-refractivity contribution in [1.29, 1.82) is 0 Å². The zero-order valence-electron chi connectivity index (χ0n) is 12.6. The fourth-order valence-electron chi connectivity index (χ4n) is 2.45. The summed E-state index contributed by atoms with van der Waals surface area (Å²) in [6.07, 6.45) is 2.98. The molecule has 22 heavy (non-hydrogen) atoms. The molecule has 0 saturated heterocycles. The second-order valence-corrected chi connectivity index (χ2v) is 5.27. The summed E-state index contributed by atoms with van der Waals surface area (Å²) < 4.78 is 16.1. The molecule has 0 bridgehead atoms. The van der Waals surface area contributed by atoms with Gasteiger partial charge in [-0.2, -0.15) is 0 Å². The maximum atomic E-state index is 12.3. The van der Waals surface area contributed by atoms with Gasteiger partial charge in [0.15, 0.2) is 11.5 Å². The fraction of sp³-hybridized carbons (Fsp3) is 0.353. The van der Waals surface area contributed by atoms with Crippen LogP contribution in [-0.2, 0) is 17.9 Å². The van der Waals surface area contributed by atoms with E-state index in [9.17, 15) is 4.79 Å². The molecule has 0 aliphatic carbocycles. The molecule has 5 nitrogen and oxygen atoms in total. The van der Waals surface area contributed by atoms with Gasteiger partial charge in [-0.1, -0.05) is 13.0 Å². The topological polar surface area (TPSA) is 51.9 Å². The first-order valence-electron chi connectivity index (χ1n) is 7.45. The van der Waals surface area contributed by atoms with Gasteiger partial charge in [-0.3, -0.25) is 4.79 Å². The number of fused-ring (bicyclic) bond motifs is 1. The lowest BCUT2D eigenvalue weighted by Gasteiger charge is -2.22. The predicted molar refractivity (Wildman–Crippen MR) is 80.4 cm³/mol. The summed E-state index contributed by atoms with van der Waals surface area (Å²) in [5.74, 6) is 2.39. The molecule has 116 valence electrons. The van der Waals surface area contributed by atoms with E-state index in [1.54, 1.807) is 11.2 Å². The number of hydrogen-bond acceptors (Lipinski definition) is 4. The van der Waals surface area contributed by atoms with Crippen molar-refractivity contribution in [3.8, 4) is 11.5 Å². The Balaban J connectivity index is 1.75. The van der Waals surface area contributed by atoms with Gasteiger partial charge in [-0.05, 0) is 36.2 Å². The zero-order chi connectivity index (χ0) is 15.4. The van der Waals surface area contributed by atoms with Crippen molar-refractivity contribution < 1.29 is 18.7 Å². The average molecular weight is 301 g/mol. The number of furan rings is 1. The molecule has 1 aromatic heterocycles. The summed E-state index contributed by atoms with van der Waals surface area (Å²) in [7, 11) is 0. The monoisotopic (exact) mass is 301 g/mol. The molecule has 1 aliphatic heterocycles. The first-order valence-corrected chi connectivity index (χ1v) is 7.45. The first kappa shape index (κ1) is 14.5. The van der Waals surface area contributed by atoms with E-state index in [-0.39, 0.29) is 12.7 Å². The Morgan fingerprint density at radius 3 is 2.82 bits per heavy atom. The van der Waals surface area contributed by atoms with Gasteiger partial charge in [-0.25, -0.2) is 0 Å².